The van der Waals surface area contributed by atoms with Gasteiger partial charge in [-0.2, -0.15) is 0 Å². The summed E-state index contributed by atoms with van der Waals surface area (Å²) in [5.74, 6) is 0. The minimum atomic E-state index is 0.439. The summed E-state index contributed by atoms with van der Waals surface area (Å²) in [7, 11) is 1.80. The first-order valence-corrected chi connectivity index (χ1v) is 7.37. The van der Waals surface area contributed by atoms with E-state index in [2.05, 4.69) is 6.92 Å². The Hall–Kier alpha value is -0.300. The van der Waals surface area contributed by atoms with Crippen molar-refractivity contribution in [1.82, 2.24) is 0 Å². The van der Waals surface area contributed by atoms with Crippen molar-refractivity contribution in [3.8, 4) is 0 Å². The van der Waals surface area contributed by atoms with Crippen LogP contribution in [0.1, 0.15) is 77.6 Å². The molecule has 0 fully saturated rings. The van der Waals surface area contributed by atoms with E-state index >= 15 is 0 Å². The molecule has 0 saturated carbocycles. The molecule has 0 aromatic rings. The van der Waals surface area contributed by atoms with Gasteiger partial charge >= 0.3 is 0 Å². The van der Waals surface area contributed by atoms with Crippen molar-refractivity contribution in [2.45, 2.75) is 83.7 Å². The van der Waals surface area contributed by atoms with E-state index in [0.717, 1.165) is 6.42 Å². The molecule has 0 saturated heterocycles. The molecule has 1 heteroatoms. The summed E-state index contributed by atoms with van der Waals surface area (Å²) in [5, 5.41) is 0. The van der Waals surface area contributed by atoms with Crippen molar-refractivity contribution in [1.29, 1.82) is 0 Å². The molecular formula is C16H31O. The van der Waals surface area contributed by atoms with Crippen LogP contribution in [0, 0.1) is 6.58 Å². The van der Waals surface area contributed by atoms with Crippen LogP contribution >= 0.6 is 0 Å². The summed E-state index contributed by atoms with van der Waals surface area (Å²) in [5.41, 5.74) is 0. The molecule has 0 aliphatic carbocycles. The molecule has 0 heterocycles. The highest BCUT2D eigenvalue weighted by atomic mass is 16.5. The second kappa shape index (κ2) is 13.8. The maximum Gasteiger partial charge on any atom is 0.0543 e. The predicted octanol–water partition coefficient (Wildman–Crippen LogP) is 5.30. The molecule has 0 spiro atoms. The first kappa shape index (κ1) is 16.7. The number of rotatable bonds is 13. The van der Waals surface area contributed by atoms with Gasteiger partial charge in [0, 0.05) is 7.11 Å². The van der Waals surface area contributed by atoms with Gasteiger partial charge in [0.2, 0.25) is 0 Å². The van der Waals surface area contributed by atoms with Crippen molar-refractivity contribution in [3.05, 3.63) is 12.7 Å². The van der Waals surface area contributed by atoms with Gasteiger partial charge in [-0.15, -0.1) is 0 Å². The largest absolute Gasteiger partial charge is 0.382 e. The van der Waals surface area contributed by atoms with Crippen LogP contribution < -0.4 is 0 Å². The van der Waals surface area contributed by atoms with Crippen molar-refractivity contribution in [2.24, 2.45) is 0 Å². The number of hydrogen-bond acceptors (Lipinski definition) is 1. The molecule has 0 amide bonds. The first-order valence-electron chi connectivity index (χ1n) is 7.37. The standard InChI is InChI=1S/C16H31O/c1-4-5-6-7-8-9-10-11-12-13-14-15-16(2)17-3/h1,4,16H,5-15H2,2-3H3. The normalized spacial score (nSPS) is 12.6. The van der Waals surface area contributed by atoms with E-state index in [4.69, 9.17) is 11.3 Å². The first-order chi connectivity index (χ1) is 8.31. The topological polar surface area (TPSA) is 9.23 Å². The van der Waals surface area contributed by atoms with Gasteiger partial charge in [0.15, 0.2) is 0 Å². The summed E-state index contributed by atoms with van der Waals surface area (Å²) in [6.45, 7) is 7.49. The lowest BCUT2D eigenvalue weighted by molar-refractivity contribution is 0.108. The van der Waals surface area contributed by atoms with Crippen LogP contribution in [0.3, 0.4) is 0 Å². The van der Waals surface area contributed by atoms with Gasteiger partial charge in [0.05, 0.1) is 6.10 Å². The highest BCUT2D eigenvalue weighted by molar-refractivity contribution is 4.61. The van der Waals surface area contributed by atoms with Crippen LogP contribution in [0.15, 0.2) is 6.08 Å². The third-order valence-corrected chi connectivity index (χ3v) is 3.38. The Balaban J connectivity index is 2.96. The lowest BCUT2D eigenvalue weighted by Gasteiger charge is -2.08. The van der Waals surface area contributed by atoms with E-state index in [1.165, 1.54) is 64.2 Å². The number of methoxy groups -OCH3 is 1. The lowest BCUT2D eigenvalue weighted by Crippen LogP contribution is -2.03. The average Bonchev–Trinajstić information content (AvgIpc) is 2.35. The van der Waals surface area contributed by atoms with Gasteiger partial charge in [-0.25, -0.2) is 0 Å². The van der Waals surface area contributed by atoms with Crippen LogP contribution in [0.5, 0.6) is 0 Å². The van der Waals surface area contributed by atoms with Crippen LogP contribution in [-0.4, -0.2) is 13.2 Å². The smallest absolute Gasteiger partial charge is 0.0543 e. The van der Waals surface area contributed by atoms with Crippen LogP contribution in [-0.2, 0) is 4.74 Å². The van der Waals surface area contributed by atoms with Crippen LogP contribution in [0.4, 0.5) is 0 Å². The van der Waals surface area contributed by atoms with Gasteiger partial charge in [-0.05, 0) is 26.2 Å². The van der Waals surface area contributed by atoms with Crippen molar-refractivity contribution >= 4 is 0 Å². The van der Waals surface area contributed by atoms with Gasteiger partial charge in [0.25, 0.3) is 0 Å². The zero-order valence-electron chi connectivity index (χ0n) is 11.9. The minimum Gasteiger partial charge on any atom is -0.382 e. The van der Waals surface area contributed by atoms with E-state index in [1.807, 2.05) is 0 Å². The van der Waals surface area contributed by atoms with E-state index in [1.54, 1.807) is 13.2 Å². The second-order valence-corrected chi connectivity index (χ2v) is 5.04. The molecule has 0 rings (SSSR count). The Labute approximate surface area is 109 Å². The van der Waals surface area contributed by atoms with Gasteiger partial charge in [-0.1, -0.05) is 64.0 Å². The second-order valence-electron chi connectivity index (χ2n) is 5.04. The molecule has 1 nitrogen and oxygen atoms in total. The van der Waals surface area contributed by atoms with Crippen molar-refractivity contribution < 1.29 is 4.74 Å². The maximum atomic E-state index is 5.33. The highest BCUT2D eigenvalue weighted by Gasteiger charge is 1.98. The zero-order valence-corrected chi connectivity index (χ0v) is 11.9. The molecule has 101 valence electrons. The average molecular weight is 239 g/mol. The Kier molecular flexibility index (Phi) is 13.5. The molecule has 0 N–H and O–H groups in total. The SMILES string of the molecule is [CH]=CCCCCCCCCCCCC(C)OC. The van der Waals surface area contributed by atoms with Gasteiger partial charge < -0.3 is 4.74 Å². The Bertz CT molecular complexity index is 154. The quantitative estimate of drug-likeness (QED) is 0.396. The van der Waals surface area contributed by atoms with E-state index in [0.29, 0.717) is 6.10 Å². The summed E-state index contributed by atoms with van der Waals surface area (Å²) in [4.78, 5) is 0. The molecular weight excluding hydrogens is 208 g/mol. The number of hydrogen-bond donors (Lipinski definition) is 0. The number of unbranched alkanes of at least 4 members (excludes halogenated alkanes) is 9. The lowest BCUT2D eigenvalue weighted by atomic mass is 10.0. The number of ether oxygens (including phenoxy) is 1. The maximum absolute atomic E-state index is 5.33. The third kappa shape index (κ3) is 13.6. The van der Waals surface area contributed by atoms with E-state index in [9.17, 15) is 0 Å². The zero-order chi connectivity index (χ0) is 12.8. The monoisotopic (exact) mass is 239 g/mol. The van der Waals surface area contributed by atoms with Crippen LogP contribution in [0.2, 0.25) is 0 Å². The third-order valence-electron chi connectivity index (χ3n) is 3.38. The highest BCUT2D eigenvalue weighted by Crippen LogP contribution is 2.12. The van der Waals surface area contributed by atoms with Gasteiger partial charge in [0.1, 0.15) is 0 Å². The molecule has 17 heavy (non-hydrogen) atoms. The fraction of sp³-hybridized carbons (Fsp3) is 0.875. The fourth-order valence-corrected chi connectivity index (χ4v) is 2.05. The van der Waals surface area contributed by atoms with Crippen molar-refractivity contribution in [2.75, 3.05) is 7.11 Å². The molecule has 1 radical (unpaired) electrons. The van der Waals surface area contributed by atoms with E-state index < -0.39 is 0 Å². The molecule has 0 bridgehead atoms. The van der Waals surface area contributed by atoms with Gasteiger partial charge in [-0.3, -0.25) is 0 Å². The molecule has 0 aromatic heterocycles. The Morgan fingerprint density at radius 2 is 1.35 bits per heavy atom. The predicted molar refractivity (Wildman–Crippen MR) is 76.1 cm³/mol. The summed E-state index contributed by atoms with van der Waals surface area (Å²) < 4.78 is 5.23. The van der Waals surface area contributed by atoms with E-state index in [-0.39, 0.29) is 0 Å². The molecule has 1 unspecified atom stereocenters. The summed E-state index contributed by atoms with van der Waals surface area (Å²) in [6.07, 6.45) is 16.8. The fourth-order valence-electron chi connectivity index (χ4n) is 2.05. The molecule has 0 aliphatic rings. The minimum absolute atomic E-state index is 0.439. The van der Waals surface area contributed by atoms with Crippen LogP contribution in [0.25, 0.3) is 0 Å². The van der Waals surface area contributed by atoms with Crippen molar-refractivity contribution in [3.63, 3.8) is 0 Å². The number of allylic oxidation sites excluding steroid dienone is 1. The summed E-state index contributed by atoms with van der Waals surface area (Å²) >= 11 is 0. The Morgan fingerprint density at radius 1 is 0.882 bits per heavy atom. The molecule has 1 atom stereocenters. The Morgan fingerprint density at radius 3 is 1.82 bits per heavy atom. The summed E-state index contributed by atoms with van der Waals surface area (Å²) in [6, 6.07) is 0. The molecule has 0 aliphatic heterocycles. The molecule has 0 aromatic carbocycles.